The number of benzene rings is 1. The number of hydrogen-bond donors (Lipinski definition) is 2. The number of carbonyl (C=O) groups excluding carboxylic acids is 1. The van der Waals surface area contributed by atoms with Crippen molar-refractivity contribution in [2.24, 2.45) is 5.92 Å². The van der Waals surface area contributed by atoms with Crippen LogP contribution in [0.25, 0.3) is 0 Å². The number of hydrogen-bond acceptors (Lipinski definition) is 3. The van der Waals surface area contributed by atoms with Crippen LogP contribution in [-0.2, 0) is 11.0 Å². The third kappa shape index (κ3) is 5.85. The van der Waals surface area contributed by atoms with E-state index in [4.69, 9.17) is 5.11 Å². The highest BCUT2D eigenvalue weighted by molar-refractivity contribution is 5.89. The van der Waals surface area contributed by atoms with E-state index < -0.39 is 23.7 Å². The third-order valence-corrected chi connectivity index (χ3v) is 4.81. The van der Waals surface area contributed by atoms with Crippen LogP contribution < -0.4 is 5.32 Å². The third-order valence-electron chi connectivity index (χ3n) is 4.81. The number of alkyl halides is 3. The largest absolute Gasteiger partial charge is 0.481 e. The van der Waals surface area contributed by atoms with Gasteiger partial charge in [0, 0.05) is 31.2 Å². The zero-order valence-electron chi connectivity index (χ0n) is 15.3. The van der Waals surface area contributed by atoms with E-state index in [9.17, 15) is 22.8 Å². The predicted octanol–water partition coefficient (Wildman–Crippen LogP) is 3.35. The van der Waals surface area contributed by atoms with Crippen molar-refractivity contribution in [3.8, 4) is 0 Å². The molecule has 0 aliphatic carbocycles. The molecule has 27 heavy (non-hydrogen) atoms. The van der Waals surface area contributed by atoms with Gasteiger partial charge in [-0.05, 0) is 51.1 Å². The Bertz CT molecular complexity index is 679. The Labute approximate surface area is 155 Å². The molecule has 0 bridgehead atoms. The number of piperidine rings is 1. The van der Waals surface area contributed by atoms with E-state index in [-0.39, 0.29) is 24.1 Å². The number of halogens is 3. The number of nitrogens with one attached hydrogen (secondary N) is 1. The summed E-state index contributed by atoms with van der Waals surface area (Å²) in [7, 11) is 3.83. The van der Waals surface area contributed by atoms with Gasteiger partial charge in [-0.25, -0.2) is 4.79 Å². The van der Waals surface area contributed by atoms with Crippen molar-refractivity contribution in [3.63, 3.8) is 0 Å². The van der Waals surface area contributed by atoms with Gasteiger partial charge in [0.25, 0.3) is 0 Å². The van der Waals surface area contributed by atoms with Crippen LogP contribution in [0.15, 0.2) is 24.3 Å². The average Bonchev–Trinajstić information content (AvgIpc) is 2.59. The molecule has 1 saturated heterocycles. The summed E-state index contributed by atoms with van der Waals surface area (Å²) in [5, 5.41) is 11.4. The fourth-order valence-electron chi connectivity index (χ4n) is 3.45. The molecule has 2 atom stereocenters. The van der Waals surface area contributed by atoms with E-state index in [1.807, 2.05) is 19.0 Å². The Morgan fingerprint density at radius 2 is 2.04 bits per heavy atom. The fraction of sp³-hybridized carbons (Fsp3) is 0.556. The van der Waals surface area contributed by atoms with Crippen LogP contribution in [0, 0.1) is 5.92 Å². The maximum atomic E-state index is 12.8. The molecule has 0 saturated carbocycles. The molecule has 1 fully saturated rings. The first-order chi connectivity index (χ1) is 12.6. The molecule has 1 aromatic carbocycles. The summed E-state index contributed by atoms with van der Waals surface area (Å²) < 4.78 is 38.4. The van der Waals surface area contributed by atoms with Crippen LogP contribution in [0.2, 0.25) is 0 Å². The zero-order chi connectivity index (χ0) is 20.2. The van der Waals surface area contributed by atoms with Gasteiger partial charge in [-0.1, -0.05) is 6.07 Å². The number of carbonyl (C=O) groups is 2. The van der Waals surface area contributed by atoms with E-state index in [0.29, 0.717) is 25.9 Å². The van der Waals surface area contributed by atoms with Gasteiger partial charge < -0.3 is 20.2 Å². The number of carboxylic acid groups (broad SMARTS) is 1. The predicted molar refractivity (Wildman–Crippen MR) is 94.5 cm³/mol. The van der Waals surface area contributed by atoms with Crippen molar-refractivity contribution in [1.29, 1.82) is 0 Å². The molecule has 1 aliphatic heterocycles. The molecule has 0 unspecified atom stereocenters. The SMILES string of the molecule is CN(C)[C@H]1CCN(C(=O)Nc2cccc(C(F)(F)F)c2)C[C@H]1CCC(=O)O. The first-order valence-electron chi connectivity index (χ1n) is 8.69. The lowest BCUT2D eigenvalue weighted by atomic mass is 9.87. The van der Waals surface area contributed by atoms with E-state index >= 15 is 0 Å². The Balaban J connectivity index is 2.05. The topological polar surface area (TPSA) is 72.9 Å². The molecule has 0 spiro atoms. The minimum Gasteiger partial charge on any atom is -0.481 e. The number of anilines is 1. The highest BCUT2D eigenvalue weighted by Crippen LogP contribution is 2.31. The molecule has 0 aromatic heterocycles. The van der Waals surface area contributed by atoms with Crippen LogP contribution >= 0.6 is 0 Å². The second-order valence-corrected chi connectivity index (χ2v) is 6.97. The Hall–Kier alpha value is -2.29. The van der Waals surface area contributed by atoms with Gasteiger partial charge in [0.1, 0.15) is 0 Å². The molecule has 1 aromatic rings. The van der Waals surface area contributed by atoms with E-state index in [0.717, 1.165) is 12.1 Å². The molecule has 2 rings (SSSR count). The molecule has 9 heteroatoms. The minimum atomic E-state index is -4.48. The highest BCUT2D eigenvalue weighted by atomic mass is 19.4. The number of amides is 2. The van der Waals surface area contributed by atoms with Gasteiger partial charge in [0.2, 0.25) is 0 Å². The number of aliphatic carboxylic acids is 1. The van der Waals surface area contributed by atoms with Gasteiger partial charge in [-0.15, -0.1) is 0 Å². The molecule has 0 radical (unpaired) electrons. The number of likely N-dealkylation sites (tertiary alicyclic amines) is 1. The Morgan fingerprint density at radius 3 is 2.63 bits per heavy atom. The summed E-state index contributed by atoms with van der Waals surface area (Å²) in [6.07, 6.45) is -3.36. The lowest BCUT2D eigenvalue weighted by Crippen LogP contribution is -2.51. The van der Waals surface area contributed by atoms with Crippen molar-refractivity contribution >= 4 is 17.7 Å². The zero-order valence-corrected chi connectivity index (χ0v) is 15.3. The second kappa shape index (κ2) is 8.60. The van der Waals surface area contributed by atoms with Crippen LogP contribution in [0.3, 0.4) is 0 Å². The lowest BCUT2D eigenvalue weighted by Gasteiger charge is -2.41. The van der Waals surface area contributed by atoms with Gasteiger partial charge in [-0.3, -0.25) is 4.79 Å². The molecule has 6 nitrogen and oxygen atoms in total. The molecule has 1 heterocycles. The number of urea groups is 1. The Morgan fingerprint density at radius 1 is 1.33 bits per heavy atom. The average molecular weight is 387 g/mol. The number of nitrogens with zero attached hydrogens (tertiary/aromatic N) is 2. The number of carboxylic acids is 1. The molecule has 150 valence electrons. The summed E-state index contributed by atoms with van der Waals surface area (Å²) in [6, 6.07) is 4.16. The lowest BCUT2D eigenvalue weighted by molar-refractivity contribution is -0.138. The van der Waals surface area contributed by atoms with Gasteiger partial charge in [-0.2, -0.15) is 13.2 Å². The molecule has 2 amide bonds. The van der Waals surface area contributed by atoms with Crippen LogP contribution in [0.5, 0.6) is 0 Å². The van der Waals surface area contributed by atoms with Crippen LogP contribution in [-0.4, -0.2) is 60.1 Å². The maximum Gasteiger partial charge on any atom is 0.416 e. The Kier molecular flexibility index (Phi) is 6.69. The quantitative estimate of drug-likeness (QED) is 0.813. The normalized spacial score (nSPS) is 20.6. The smallest absolute Gasteiger partial charge is 0.416 e. The molecule has 2 N–H and O–H groups in total. The van der Waals surface area contributed by atoms with Crippen molar-refractivity contribution in [3.05, 3.63) is 29.8 Å². The first kappa shape index (κ1) is 21.0. The second-order valence-electron chi connectivity index (χ2n) is 6.97. The van der Waals surface area contributed by atoms with Gasteiger partial charge in [0.15, 0.2) is 0 Å². The summed E-state index contributed by atoms with van der Waals surface area (Å²) >= 11 is 0. The minimum absolute atomic E-state index is 0.0120. The van der Waals surface area contributed by atoms with E-state index in [1.54, 1.807) is 0 Å². The summed E-state index contributed by atoms with van der Waals surface area (Å²) in [4.78, 5) is 26.9. The highest BCUT2D eigenvalue weighted by Gasteiger charge is 2.33. The number of rotatable bonds is 5. The summed E-state index contributed by atoms with van der Waals surface area (Å²) in [5.74, 6) is -0.907. The standard InChI is InChI=1S/C18H24F3N3O3/c1-23(2)15-8-9-24(11-12(15)6-7-16(25)26)17(27)22-14-5-3-4-13(10-14)18(19,20)21/h3-5,10,12,15H,6-9,11H2,1-2H3,(H,22,27)(H,25,26)/t12-,15+/m1/s1. The first-order valence-corrected chi connectivity index (χ1v) is 8.69. The van der Waals surface area contributed by atoms with Crippen molar-refractivity contribution in [2.45, 2.75) is 31.5 Å². The van der Waals surface area contributed by atoms with E-state index in [2.05, 4.69) is 5.32 Å². The molecular weight excluding hydrogens is 363 g/mol. The van der Waals surface area contributed by atoms with Crippen molar-refractivity contribution < 1.29 is 27.9 Å². The fourth-order valence-corrected chi connectivity index (χ4v) is 3.45. The van der Waals surface area contributed by atoms with Crippen molar-refractivity contribution in [2.75, 3.05) is 32.5 Å². The maximum absolute atomic E-state index is 12.8. The van der Waals surface area contributed by atoms with Gasteiger partial charge >= 0.3 is 18.2 Å². The molecular formula is C18H24F3N3O3. The molecule has 1 aliphatic rings. The summed E-state index contributed by atoms with van der Waals surface area (Å²) in [5.41, 5.74) is -0.752. The monoisotopic (exact) mass is 387 g/mol. The van der Waals surface area contributed by atoms with Crippen LogP contribution in [0.4, 0.5) is 23.7 Å². The summed E-state index contributed by atoms with van der Waals surface area (Å²) in [6.45, 7) is 0.818. The van der Waals surface area contributed by atoms with Gasteiger partial charge in [0.05, 0.1) is 5.56 Å². The van der Waals surface area contributed by atoms with Crippen molar-refractivity contribution in [1.82, 2.24) is 9.80 Å². The van der Waals surface area contributed by atoms with E-state index in [1.165, 1.54) is 17.0 Å². The van der Waals surface area contributed by atoms with Crippen LogP contribution in [0.1, 0.15) is 24.8 Å².